The molecule has 0 spiro atoms. The van der Waals surface area contributed by atoms with Crippen molar-refractivity contribution >= 4 is 5.82 Å². The number of nitrogens with zero attached hydrogens (tertiary/aromatic N) is 2. The fraction of sp³-hybridized carbons (Fsp3) is 0.600. The fourth-order valence-corrected chi connectivity index (χ4v) is 0.635. The van der Waals surface area contributed by atoms with Crippen LogP contribution in [0, 0.1) is 0 Å². The number of nitrogen functional groups attached to an aromatic ring is 1. The van der Waals surface area contributed by atoms with Crippen LogP contribution in [-0.4, -0.2) is 22.0 Å². The van der Waals surface area contributed by atoms with E-state index in [1.165, 1.54) is 0 Å². The molecule has 0 aliphatic heterocycles. The first-order valence-corrected chi connectivity index (χ1v) is 3.20. The molecule has 1 aromatic heterocycles. The van der Waals surface area contributed by atoms with Crippen LogP contribution in [0.15, 0.2) is 0 Å². The summed E-state index contributed by atoms with van der Waals surface area (Å²) in [5.41, 5.74) is 6.22. The molecule has 0 bridgehead atoms. The van der Waals surface area contributed by atoms with E-state index in [9.17, 15) is 0 Å². The minimum absolute atomic E-state index is 0.473. The summed E-state index contributed by atoms with van der Waals surface area (Å²) in [7, 11) is 0. The highest BCUT2D eigenvalue weighted by Crippen LogP contribution is 1.99. The summed E-state index contributed by atoms with van der Waals surface area (Å²) in [6, 6.07) is 0. The molecule has 0 aliphatic rings. The van der Waals surface area contributed by atoms with Crippen molar-refractivity contribution in [2.45, 2.75) is 13.5 Å². The van der Waals surface area contributed by atoms with Gasteiger partial charge in [0.25, 0.3) is 0 Å². The molecule has 5 nitrogen and oxygen atoms in total. The second-order valence-electron chi connectivity index (χ2n) is 1.94. The predicted molar refractivity (Wildman–Crippen MR) is 38.2 cm³/mol. The Morgan fingerprint density at radius 2 is 2.40 bits per heavy atom. The summed E-state index contributed by atoms with van der Waals surface area (Å²) in [5, 5.41) is 13.0. The molecular weight excluding hydrogens is 130 g/mol. The lowest BCUT2D eigenvalue weighted by atomic mass is 10.4. The third-order valence-corrected chi connectivity index (χ3v) is 1.19. The van der Waals surface area contributed by atoms with Gasteiger partial charge in [-0.3, -0.25) is 0 Å². The van der Waals surface area contributed by atoms with Crippen molar-refractivity contribution < 1.29 is 0 Å². The summed E-state index contributed by atoms with van der Waals surface area (Å²) in [6.07, 6.45) is 0. The number of H-pyrrole nitrogens is 1. The van der Waals surface area contributed by atoms with Crippen LogP contribution in [0.5, 0.6) is 0 Å². The summed E-state index contributed by atoms with van der Waals surface area (Å²) < 4.78 is 0. The van der Waals surface area contributed by atoms with Gasteiger partial charge in [0.05, 0.1) is 0 Å². The third kappa shape index (κ3) is 1.44. The van der Waals surface area contributed by atoms with Gasteiger partial charge in [-0.05, 0) is 6.54 Å². The molecule has 0 unspecified atom stereocenters. The number of hydrogen-bond donors (Lipinski definition) is 3. The van der Waals surface area contributed by atoms with Crippen LogP contribution < -0.4 is 11.1 Å². The van der Waals surface area contributed by atoms with Crippen LogP contribution in [0.4, 0.5) is 5.82 Å². The molecule has 1 rings (SSSR count). The number of anilines is 1. The zero-order chi connectivity index (χ0) is 7.40. The first kappa shape index (κ1) is 7.01. The zero-order valence-corrected chi connectivity index (χ0v) is 5.89. The summed E-state index contributed by atoms with van der Waals surface area (Å²) in [4.78, 5) is 0. The molecular formula is C5H11N5. The standard InChI is InChI=1S/C5H11N5/c1-2-7-3-4-5(6)9-10-8-4/h7H,2-3H2,1H3,(H3,6,8,9,10). The highest BCUT2D eigenvalue weighted by Gasteiger charge is 2.00. The molecule has 1 heterocycles. The molecule has 0 saturated carbocycles. The van der Waals surface area contributed by atoms with Gasteiger partial charge in [-0.2, -0.15) is 10.3 Å². The lowest BCUT2D eigenvalue weighted by molar-refractivity contribution is 0.708. The van der Waals surface area contributed by atoms with E-state index < -0.39 is 0 Å². The number of hydrogen-bond acceptors (Lipinski definition) is 4. The van der Waals surface area contributed by atoms with Crippen LogP contribution in [-0.2, 0) is 6.54 Å². The lowest BCUT2D eigenvalue weighted by Gasteiger charge is -1.95. The van der Waals surface area contributed by atoms with Gasteiger partial charge in [0, 0.05) is 6.54 Å². The molecule has 0 aliphatic carbocycles. The maximum absolute atomic E-state index is 5.44. The molecule has 0 aromatic carbocycles. The van der Waals surface area contributed by atoms with Crippen molar-refractivity contribution in [3.63, 3.8) is 0 Å². The van der Waals surface area contributed by atoms with Crippen molar-refractivity contribution in [2.75, 3.05) is 12.3 Å². The SMILES string of the molecule is CCNCc1n[nH]nc1N. The number of aromatic nitrogens is 3. The average Bonchev–Trinajstić information content (AvgIpc) is 2.31. The zero-order valence-electron chi connectivity index (χ0n) is 5.89. The molecule has 10 heavy (non-hydrogen) atoms. The Labute approximate surface area is 59.0 Å². The quantitative estimate of drug-likeness (QED) is 0.530. The Morgan fingerprint density at radius 3 is 2.90 bits per heavy atom. The van der Waals surface area contributed by atoms with Gasteiger partial charge in [0.15, 0.2) is 5.82 Å². The minimum Gasteiger partial charge on any atom is -0.381 e. The summed E-state index contributed by atoms with van der Waals surface area (Å²) in [6.45, 7) is 3.61. The van der Waals surface area contributed by atoms with Crippen LogP contribution >= 0.6 is 0 Å². The van der Waals surface area contributed by atoms with Crippen molar-refractivity contribution in [3.05, 3.63) is 5.69 Å². The van der Waals surface area contributed by atoms with Gasteiger partial charge in [-0.25, -0.2) is 0 Å². The van der Waals surface area contributed by atoms with E-state index in [1.54, 1.807) is 0 Å². The highest BCUT2D eigenvalue weighted by atomic mass is 15.4. The Balaban J connectivity index is 2.49. The number of aromatic amines is 1. The molecule has 1 aromatic rings. The minimum atomic E-state index is 0.473. The predicted octanol–water partition coefficient (Wildman–Crippen LogP) is -0.504. The summed E-state index contributed by atoms with van der Waals surface area (Å²) in [5.74, 6) is 0.473. The van der Waals surface area contributed by atoms with Gasteiger partial charge in [0.2, 0.25) is 0 Å². The maximum atomic E-state index is 5.44. The van der Waals surface area contributed by atoms with Gasteiger partial charge < -0.3 is 11.1 Å². The van der Waals surface area contributed by atoms with Crippen LogP contribution in [0.25, 0.3) is 0 Å². The molecule has 0 fully saturated rings. The van der Waals surface area contributed by atoms with Crippen LogP contribution in [0.2, 0.25) is 0 Å². The fourth-order valence-electron chi connectivity index (χ4n) is 0.635. The molecule has 56 valence electrons. The van der Waals surface area contributed by atoms with E-state index in [-0.39, 0.29) is 0 Å². The highest BCUT2D eigenvalue weighted by molar-refractivity contribution is 5.31. The molecule has 0 radical (unpaired) electrons. The Kier molecular flexibility index (Phi) is 2.22. The van der Waals surface area contributed by atoms with Gasteiger partial charge >= 0.3 is 0 Å². The Hall–Kier alpha value is -1.10. The second-order valence-corrected chi connectivity index (χ2v) is 1.94. The number of nitrogens with one attached hydrogen (secondary N) is 2. The molecule has 5 heteroatoms. The van der Waals surface area contributed by atoms with Crippen molar-refractivity contribution in [1.29, 1.82) is 0 Å². The van der Waals surface area contributed by atoms with Crippen molar-refractivity contribution in [3.8, 4) is 0 Å². The second kappa shape index (κ2) is 3.17. The number of rotatable bonds is 3. The molecule has 0 saturated heterocycles. The van der Waals surface area contributed by atoms with Crippen LogP contribution in [0.1, 0.15) is 12.6 Å². The van der Waals surface area contributed by atoms with Gasteiger partial charge in [-0.1, -0.05) is 6.92 Å². The van der Waals surface area contributed by atoms with E-state index in [0.717, 1.165) is 12.2 Å². The van der Waals surface area contributed by atoms with Gasteiger partial charge in [0.1, 0.15) is 5.69 Å². The van der Waals surface area contributed by atoms with Gasteiger partial charge in [-0.15, -0.1) is 5.10 Å². The van der Waals surface area contributed by atoms with E-state index in [1.807, 2.05) is 6.92 Å². The molecule has 0 amide bonds. The largest absolute Gasteiger partial charge is 0.381 e. The maximum Gasteiger partial charge on any atom is 0.170 e. The first-order chi connectivity index (χ1) is 4.84. The molecule has 4 N–H and O–H groups in total. The third-order valence-electron chi connectivity index (χ3n) is 1.19. The van der Waals surface area contributed by atoms with Crippen LogP contribution in [0.3, 0.4) is 0 Å². The van der Waals surface area contributed by atoms with E-state index in [0.29, 0.717) is 12.4 Å². The summed E-state index contributed by atoms with van der Waals surface area (Å²) >= 11 is 0. The number of nitrogens with two attached hydrogens (primary N) is 1. The monoisotopic (exact) mass is 141 g/mol. The Bertz CT molecular complexity index is 194. The first-order valence-electron chi connectivity index (χ1n) is 3.20. The molecule has 0 atom stereocenters. The van der Waals surface area contributed by atoms with E-state index >= 15 is 0 Å². The Morgan fingerprint density at radius 1 is 1.60 bits per heavy atom. The van der Waals surface area contributed by atoms with Crippen molar-refractivity contribution in [2.24, 2.45) is 0 Å². The van der Waals surface area contributed by atoms with Crippen molar-refractivity contribution in [1.82, 2.24) is 20.7 Å². The smallest absolute Gasteiger partial charge is 0.170 e. The topological polar surface area (TPSA) is 79.6 Å². The van der Waals surface area contributed by atoms with E-state index in [2.05, 4.69) is 20.7 Å². The normalized spacial score (nSPS) is 10.1. The van der Waals surface area contributed by atoms with E-state index in [4.69, 9.17) is 5.73 Å². The average molecular weight is 141 g/mol. The lowest BCUT2D eigenvalue weighted by Crippen LogP contribution is -2.13.